The fourth-order valence-corrected chi connectivity index (χ4v) is 1.86. The van der Waals surface area contributed by atoms with Gasteiger partial charge in [0.25, 0.3) is 0 Å². The summed E-state index contributed by atoms with van der Waals surface area (Å²) in [4.78, 5) is 10.2. The lowest BCUT2D eigenvalue weighted by atomic mass is 10.1. The first kappa shape index (κ1) is 11.9. The molecule has 2 heterocycles. The third kappa shape index (κ3) is 3.20. The molecule has 0 aliphatic carbocycles. The zero-order valence-electron chi connectivity index (χ0n) is 10.2. The minimum Gasteiger partial charge on any atom is -0.481 e. The minimum absolute atomic E-state index is 0.173. The number of anilines is 1. The van der Waals surface area contributed by atoms with Crippen molar-refractivity contribution in [2.45, 2.75) is 18.9 Å². The Morgan fingerprint density at radius 3 is 2.59 bits per heavy atom. The minimum atomic E-state index is 0.173. The van der Waals surface area contributed by atoms with Crippen LogP contribution in [0.4, 0.5) is 5.95 Å². The maximum Gasteiger partial charge on any atom is 0.226 e. The Labute approximate surface area is 101 Å². The molecule has 94 valence electrons. The molecule has 1 fully saturated rings. The first-order valence-corrected chi connectivity index (χ1v) is 5.71. The van der Waals surface area contributed by atoms with E-state index in [0.717, 1.165) is 25.9 Å². The number of methoxy groups -OCH3 is 1. The van der Waals surface area contributed by atoms with Crippen LogP contribution in [0.5, 0.6) is 11.8 Å². The van der Waals surface area contributed by atoms with Crippen LogP contribution in [0.15, 0.2) is 6.07 Å². The average molecular weight is 238 g/mol. The number of nitrogen functional groups attached to an aromatic ring is 1. The van der Waals surface area contributed by atoms with Crippen LogP contribution in [0.1, 0.15) is 12.8 Å². The van der Waals surface area contributed by atoms with E-state index in [9.17, 15) is 0 Å². The first-order valence-electron chi connectivity index (χ1n) is 5.71. The second kappa shape index (κ2) is 5.18. The van der Waals surface area contributed by atoms with Gasteiger partial charge in [-0.15, -0.1) is 0 Å². The Balaban J connectivity index is 2.00. The van der Waals surface area contributed by atoms with Crippen LogP contribution < -0.4 is 15.2 Å². The van der Waals surface area contributed by atoms with E-state index in [-0.39, 0.29) is 12.1 Å². The van der Waals surface area contributed by atoms with Crippen molar-refractivity contribution in [3.05, 3.63) is 6.07 Å². The van der Waals surface area contributed by atoms with Crippen molar-refractivity contribution in [2.75, 3.05) is 33.0 Å². The fourth-order valence-electron chi connectivity index (χ4n) is 1.86. The Kier molecular flexibility index (Phi) is 3.63. The van der Waals surface area contributed by atoms with Gasteiger partial charge in [0.2, 0.25) is 17.7 Å². The number of aromatic nitrogens is 2. The van der Waals surface area contributed by atoms with Gasteiger partial charge in [-0.2, -0.15) is 9.97 Å². The largest absolute Gasteiger partial charge is 0.481 e. The monoisotopic (exact) mass is 238 g/mol. The van der Waals surface area contributed by atoms with Gasteiger partial charge < -0.3 is 20.1 Å². The van der Waals surface area contributed by atoms with E-state index < -0.39 is 0 Å². The van der Waals surface area contributed by atoms with Gasteiger partial charge in [0.1, 0.15) is 6.10 Å². The number of ether oxygens (including phenoxy) is 2. The quantitative estimate of drug-likeness (QED) is 0.828. The number of likely N-dealkylation sites (tertiary alicyclic amines) is 1. The number of piperidine rings is 1. The summed E-state index contributed by atoms with van der Waals surface area (Å²) in [6.07, 6.45) is 2.20. The normalized spacial score (nSPS) is 18.0. The van der Waals surface area contributed by atoms with Gasteiger partial charge in [0.15, 0.2) is 0 Å². The lowest BCUT2D eigenvalue weighted by molar-refractivity contribution is 0.109. The predicted molar refractivity (Wildman–Crippen MR) is 64.1 cm³/mol. The number of rotatable bonds is 3. The highest BCUT2D eigenvalue weighted by Gasteiger charge is 2.19. The summed E-state index contributed by atoms with van der Waals surface area (Å²) in [6, 6.07) is 1.66. The molecule has 1 aromatic rings. The molecule has 0 saturated carbocycles. The Bertz CT molecular complexity index is 378. The third-order valence-electron chi connectivity index (χ3n) is 2.86. The molecule has 1 aromatic heterocycles. The van der Waals surface area contributed by atoms with Crippen LogP contribution in [0.3, 0.4) is 0 Å². The van der Waals surface area contributed by atoms with Crippen LogP contribution >= 0.6 is 0 Å². The van der Waals surface area contributed by atoms with E-state index in [0.29, 0.717) is 11.8 Å². The number of hydrogen-bond acceptors (Lipinski definition) is 6. The molecule has 6 heteroatoms. The summed E-state index contributed by atoms with van der Waals surface area (Å²) >= 11 is 0. The smallest absolute Gasteiger partial charge is 0.226 e. The second-order valence-corrected chi connectivity index (χ2v) is 4.23. The van der Waals surface area contributed by atoms with Crippen molar-refractivity contribution >= 4 is 5.95 Å². The predicted octanol–water partition coefficient (Wildman–Crippen LogP) is 0.540. The van der Waals surface area contributed by atoms with Crippen molar-refractivity contribution in [2.24, 2.45) is 0 Å². The van der Waals surface area contributed by atoms with Crippen molar-refractivity contribution in [1.82, 2.24) is 14.9 Å². The van der Waals surface area contributed by atoms with Gasteiger partial charge in [-0.05, 0) is 19.9 Å². The summed E-state index contributed by atoms with van der Waals surface area (Å²) in [5.74, 6) is 1.09. The highest BCUT2D eigenvalue weighted by Crippen LogP contribution is 2.20. The molecular weight excluding hydrogens is 220 g/mol. The van der Waals surface area contributed by atoms with Gasteiger partial charge in [-0.3, -0.25) is 0 Å². The highest BCUT2D eigenvalue weighted by atomic mass is 16.5. The summed E-state index contributed by atoms with van der Waals surface area (Å²) in [5.41, 5.74) is 5.57. The van der Waals surface area contributed by atoms with E-state index >= 15 is 0 Å². The molecule has 1 aliphatic heterocycles. The molecule has 6 nitrogen and oxygen atoms in total. The van der Waals surface area contributed by atoms with Crippen LogP contribution in [-0.2, 0) is 0 Å². The summed E-state index contributed by atoms with van der Waals surface area (Å²) in [5, 5.41) is 0. The Morgan fingerprint density at radius 2 is 1.94 bits per heavy atom. The average Bonchev–Trinajstić information content (AvgIpc) is 2.31. The molecule has 0 bridgehead atoms. The van der Waals surface area contributed by atoms with Crippen molar-refractivity contribution in [3.8, 4) is 11.8 Å². The molecule has 17 heavy (non-hydrogen) atoms. The summed E-state index contributed by atoms with van der Waals surface area (Å²) < 4.78 is 10.8. The van der Waals surface area contributed by atoms with Crippen LogP contribution in [0.25, 0.3) is 0 Å². The van der Waals surface area contributed by atoms with Crippen LogP contribution in [-0.4, -0.2) is 48.2 Å². The van der Waals surface area contributed by atoms with Gasteiger partial charge in [0, 0.05) is 13.1 Å². The maximum absolute atomic E-state index is 5.79. The van der Waals surface area contributed by atoms with Gasteiger partial charge in [-0.1, -0.05) is 0 Å². The molecule has 0 aromatic carbocycles. The second-order valence-electron chi connectivity index (χ2n) is 4.23. The molecule has 0 radical (unpaired) electrons. The molecule has 1 aliphatic rings. The van der Waals surface area contributed by atoms with Crippen LogP contribution in [0, 0.1) is 0 Å². The molecule has 0 atom stereocenters. The van der Waals surface area contributed by atoms with E-state index in [1.54, 1.807) is 13.2 Å². The molecular formula is C11H18N4O2. The number of nitrogens with zero attached hydrogens (tertiary/aromatic N) is 3. The molecule has 0 unspecified atom stereocenters. The Hall–Kier alpha value is -1.56. The zero-order chi connectivity index (χ0) is 12.3. The summed E-state index contributed by atoms with van der Waals surface area (Å²) in [6.45, 7) is 2.09. The van der Waals surface area contributed by atoms with Gasteiger partial charge in [-0.25, -0.2) is 0 Å². The van der Waals surface area contributed by atoms with E-state index in [1.165, 1.54) is 0 Å². The Morgan fingerprint density at radius 1 is 1.29 bits per heavy atom. The highest BCUT2D eigenvalue weighted by molar-refractivity contribution is 5.29. The van der Waals surface area contributed by atoms with Crippen molar-refractivity contribution < 1.29 is 9.47 Å². The lowest BCUT2D eigenvalue weighted by Crippen LogP contribution is -2.35. The number of hydrogen-bond donors (Lipinski definition) is 1. The molecule has 0 amide bonds. The number of nitrogens with two attached hydrogens (primary N) is 1. The van der Waals surface area contributed by atoms with Crippen molar-refractivity contribution in [1.29, 1.82) is 0 Å². The topological polar surface area (TPSA) is 73.5 Å². The van der Waals surface area contributed by atoms with E-state index in [1.807, 2.05) is 0 Å². The summed E-state index contributed by atoms with van der Waals surface area (Å²) in [7, 11) is 3.66. The van der Waals surface area contributed by atoms with Gasteiger partial charge in [0.05, 0.1) is 13.2 Å². The molecule has 0 spiro atoms. The fraction of sp³-hybridized carbons (Fsp3) is 0.636. The van der Waals surface area contributed by atoms with E-state index in [4.69, 9.17) is 15.2 Å². The zero-order valence-corrected chi connectivity index (χ0v) is 10.2. The third-order valence-corrected chi connectivity index (χ3v) is 2.86. The van der Waals surface area contributed by atoms with E-state index in [2.05, 4.69) is 21.9 Å². The lowest BCUT2D eigenvalue weighted by Gasteiger charge is -2.28. The van der Waals surface area contributed by atoms with Gasteiger partial charge >= 0.3 is 0 Å². The molecule has 2 N–H and O–H groups in total. The molecule has 2 rings (SSSR count). The van der Waals surface area contributed by atoms with Crippen LogP contribution in [0.2, 0.25) is 0 Å². The maximum atomic E-state index is 5.79. The first-order chi connectivity index (χ1) is 8.17. The standard InChI is InChI=1S/C11H18N4O2/c1-15-5-3-8(4-6-15)17-10-7-9(16-2)13-11(12)14-10/h7-8H,3-6H2,1-2H3,(H2,12,13,14). The molecule has 1 saturated heterocycles. The van der Waals surface area contributed by atoms with Crippen molar-refractivity contribution in [3.63, 3.8) is 0 Å². The SMILES string of the molecule is COc1cc(OC2CCN(C)CC2)nc(N)n1.